The van der Waals surface area contributed by atoms with Crippen LogP contribution < -0.4 is 4.90 Å². The van der Waals surface area contributed by atoms with Crippen molar-refractivity contribution in [2.75, 3.05) is 18.0 Å². The number of hydrogen-bond acceptors (Lipinski definition) is 3. The molecule has 26 heavy (non-hydrogen) atoms. The zero-order valence-electron chi connectivity index (χ0n) is 14.9. The standard InChI is InChI=1S/C23H23NO2/c25-22(21-13-10-18-5-1-2-6-20(18)23(21)26)14-9-17-7-11-19(12-8-17)24-15-3-4-16-24/h1-2,5-9,11-12,14,21H,3-4,10,13,15-16H2/b14-9+. The molecule has 2 aliphatic rings. The van der Waals surface area contributed by atoms with E-state index < -0.39 is 5.92 Å². The second-order valence-electron chi connectivity index (χ2n) is 7.13. The van der Waals surface area contributed by atoms with E-state index in [9.17, 15) is 9.59 Å². The molecule has 1 saturated heterocycles. The van der Waals surface area contributed by atoms with Gasteiger partial charge in [-0.25, -0.2) is 0 Å². The highest BCUT2D eigenvalue weighted by atomic mass is 16.1. The summed E-state index contributed by atoms with van der Waals surface area (Å²) in [5.74, 6) is -0.663. The number of aryl methyl sites for hydroxylation is 1. The van der Waals surface area contributed by atoms with E-state index in [1.807, 2.05) is 42.5 Å². The number of hydrogen-bond donors (Lipinski definition) is 0. The van der Waals surface area contributed by atoms with Crippen LogP contribution in [0.25, 0.3) is 6.08 Å². The minimum atomic E-state index is -0.537. The molecule has 0 radical (unpaired) electrons. The van der Waals surface area contributed by atoms with Crippen molar-refractivity contribution in [1.82, 2.24) is 0 Å². The predicted molar refractivity (Wildman–Crippen MR) is 105 cm³/mol. The molecule has 0 saturated carbocycles. The van der Waals surface area contributed by atoms with E-state index in [4.69, 9.17) is 0 Å². The van der Waals surface area contributed by atoms with Gasteiger partial charge in [0.15, 0.2) is 11.6 Å². The summed E-state index contributed by atoms with van der Waals surface area (Å²) in [5, 5.41) is 0. The van der Waals surface area contributed by atoms with E-state index in [-0.39, 0.29) is 11.6 Å². The van der Waals surface area contributed by atoms with Gasteiger partial charge in [-0.2, -0.15) is 0 Å². The molecule has 3 nitrogen and oxygen atoms in total. The Hall–Kier alpha value is -2.68. The van der Waals surface area contributed by atoms with Crippen molar-refractivity contribution in [3.63, 3.8) is 0 Å². The molecule has 1 aliphatic heterocycles. The number of benzene rings is 2. The lowest BCUT2D eigenvalue weighted by Gasteiger charge is -2.21. The van der Waals surface area contributed by atoms with Crippen LogP contribution in [0.3, 0.4) is 0 Å². The zero-order chi connectivity index (χ0) is 17.9. The Balaban J connectivity index is 1.44. The molecular formula is C23H23NO2. The van der Waals surface area contributed by atoms with E-state index in [2.05, 4.69) is 17.0 Å². The Morgan fingerprint density at radius 3 is 2.50 bits per heavy atom. The van der Waals surface area contributed by atoms with Crippen molar-refractivity contribution < 1.29 is 9.59 Å². The molecule has 1 fully saturated rings. The molecule has 2 aromatic carbocycles. The van der Waals surface area contributed by atoms with Gasteiger partial charge >= 0.3 is 0 Å². The average Bonchev–Trinajstić information content (AvgIpc) is 3.22. The molecule has 1 unspecified atom stereocenters. The second-order valence-corrected chi connectivity index (χ2v) is 7.13. The average molecular weight is 345 g/mol. The molecule has 1 heterocycles. The maximum absolute atomic E-state index is 12.6. The highest BCUT2D eigenvalue weighted by molar-refractivity contribution is 6.16. The van der Waals surface area contributed by atoms with Gasteiger partial charge in [0.2, 0.25) is 0 Å². The third-order valence-electron chi connectivity index (χ3n) is 5.45. The number of carbonyl (C=O) groups excluding carboxylic acids is 2. The van der Waals surface area contributed by atoms with Gasteiger partial charge < -0.3 is 4.90 Å². The first-order chi connectivity index (χ1) is 12.7. The minimum absolute atomic E-state index is 0.0362. The van der Waals surface area contributed by atoms with Gasteiger partial charge in [-0.1, -0.05) is 42.5 Å². The SMILES string of the molecule is O=C(/C=C/c1ccc(N2CCCC2)cc1)C1CCc2ccccc2C1=O. The van der Waals surface area contributed by atoms with Gasteiger partial charge in [0.25, 0.3) is 0 Å². The summed E-state index contributed by atoms with van der Waals surface area (Å²) >= 11 is 0. The first kappa shape index (κ1) is 16.8. The number of fused-ring (bicyclic) bond motifs is 1. The Morgan fingerprint density at radius 1 is 1.00 bits per heavy atom. The molecule has 0 bridgehead atoms. The van der Waals surface area contributed by atoms with E-state index in [1.165, 1.54) is 18.5 Å². The topological polar surface area (TPSA) is 37.4 Å². The first-order valence-electron chi connectivity index (χ1n) is 9.41. The fraction of sp³-hybridized carbons (Fsp3) is 0.304. The van der Waals surface area contributed by atoms with Gasteiger partial charge in [-0.3, -0.25) is 9.59 Å². The van der Waals surface area contributed by atoms with Crippen molar-refractivity contribution in [2.45, 2.75) is 25.7 Å². The summed E-state index contributed by atoms with van der Waals surface area (Å²) in [4.78, 5) is 27.5. The number of ketones is 2. The van der Waals surface area contributed by atoms with Gasteiger partial charge in [0, 0.05) is 24.3 Å². The molecule has 0 amide bonds. The summed E-state index contributed by atoms with van der Waals surface area (Å²) in [6.07, 6.45) is 7.30. The first-order valence-corrected chi connectivity index (χ1v) is 9.41. The Morgan fingerprint density at radius 2 is 1.73 bits per heavy atom. The van der Waals surface area contributed by atoms with Crippen LogP contribution >= 0.6 is 0 Å². The fourth-order valence-electron chi connectivity index (χ4n) is 3.93. The highest BCUT2D eigenvalue weighted by Gasteiger charge is 2.31. The molecular weight excluding hydrogens is 322 g/mol. The monoisotopic (exact) mass is 345 g/mol. The Bertz CT molecular complexity index is 845. The summed E-state index contributed by atoms with van der Waals surface area (Å²) in [6, 6.07) is 15.9. The quantitative estimate of drug-likeness (QED) is 0.612. The molecule has 0 spiro atoms. The van der Waals surface area contributed by atoms with Crippen molar-refractivity contribution >= 4 is 23.3 Å². The number of Topliss-reactive ketones (excluding diaryl/α,β-unsaturated/α-hetero) is 1. The highest BCUT2D eigenvalue weighted by Crippen LogP contribution is 2.27. The maximum Gasteiger partial charge on any atom is 0.173 e. The molecule has 0 N–H and O–H groups in total. The largest absolute Gasteiger partial charge is 0.372 e. The lowest BCUT2D eigenvalue weighted by Crippen LogP contribution is -2.28. The van der Waals surface area contributed by atoms with Crippen LogP contribution in [0, 0.1) is 5.92 Å². The van der Waals surface area contributed by atoms with Crippen LogP contribution in [-0.2, 0) is 11.2 Å². The summed E-state index contributed by atoms with van der Waals surface area (Å²) in [5.41, 5.74) is 4.00. The normalized spacial score (nSPS) is 19.8. The van der Waals surface area contributed by atoms with Crippen LogP contribution in [0.4, 0.5) is 5.69 Å². The van der Waals surface area contributed by atoms with Crippen molar-refractivity contribution in [3.05, 3.63) is 71.3 Å². The van der Waals surface area contributed by atoms with Crippen LogP contribution in [-0.4, -0.2) is 24.7 Å². The number of rotatable bonds is 4. The molecule has 1 atom stereocenters. The van der Waals surface area contributed by atoms with Crippen LogP contribution in [0.2, 0.25) is 0 Å². The molecule has 132 valence electrons. The van der Waals surface area contributed by atoms with Crippen molar-refractivity contribution in [2.24, 2.45) is 5.92 Å². The van der Waals surface area contributed by atoms with E-state index in [1.54, 1.807) is 6.08 Å². The molecule has 3 heteroatoms. The summed E-state index contributed by atoms with van der Waals surface area (Å²) < 4.78 is 0. The predicted octanol–water partition coefficient (Wildman–Crippen LogP) is 4.31. The van der Waals surface area contributed by atoms with Crippen LogP contribution in [0.15, 0.2) is 54.6 Å². The third-order valence-corrected chi connectivity index (χ3v) is 5.45. The molecule has 4 rings (SSSR count). The van der Waals surface area contributed by atoms with Crippen LogP contribution in [0.5, 0.6) is 0 Å². The zero-order valence-corrected chi connectivity index (χ0v) is 14.9. The lowest BCUT2D eigenvalue weighted by molar-refractivity contribution is -0.117. The summed E-state index contributed by atoms with van der Waals surface area (Å²) in [7, 11) is 0. The minimum Gasteiger partial charge on any atom is -0.372 e. The maximum atomic E-state index is 12.6. The number of anilines is 1. The van der Waals surface area contributed by atoms with E-state index in [0.717, 1.165) is 30.6 Å². The lowest BCUT2D eigenvalue weighted by atomic mass is 9.80. The fourth-order valence-corrected chi connectivity index (χ4v) is 3.93. The van der Waals surface area contributed by atoms with Crippen molar-refractivity contribution in [1.29, 1.82) is 0 Å². The van der Waals surface area contributed by atoms with Gasteiger partial charge in [0.1, 0.15) is 0 Å². The molecule has 0 aromatic heterocycles. The molecule has 2 aromatic rings. The summed E-state index contributed by atoms with van der Waals surface area (Å²) in [6.45, 7) is 2.25. The van der Waals surface area contributed by atoms with Crippen LogP contribution in [0.1, 0.15) is 40.7 Å². The van der Waals surface area contributed by atoms with E-state index in [0.29, 0.717) is 12.0 Å². The Labute approximate surface area is 154 Å². The van der Waals surface area contributed by atoms with Crippen molar-refractivity contribution in [3.8, 4) is 0 Å². The van der Waals surface area contributed by atoms with E-state index >= 15 is 0 Å². The Kier molecular flexibility index (Phi) is 4.70. The van der Waals surface area contributed by atoms with Gasteiger partial charge in [-0.15, -0.1) is 0 Å². The van der Waals surface area contributed by atoms with Gasteiger partial charge in [-0.05, 0) is 55.0 Å². The second kappa shape index (κ2) is 7.28. The number of allylic oxidation sites excluding steroid dienone is 1. The number of nitrogens with zero attached hydrogens (tertiary/aromatic N) is 1. The molecule has 1 aliphatic carbocycles. The van der Waals surface area contributed by atoms with Gasteiger partial charge in [0.05, 0.1) is 5.92 Å². The third kappa shape index (κ3) is 3.34. The smallest absolute Gasteiger partial charge is 0.173 e. The number of carbonyl (C=O) groups is 2.